The predicted molar refractivity (Wildman–Crippen MR) is 50.8 cm³/mol. The molecule has 0 spiro atoms. The van der Waals surface area contributed by atoms with Crippen LogP contribution in [-0.4, -0.2) is 38.4 Å². The second-order valence-corrected chi connectivity index (χ2v) is 3.91. The van der Waals surface area contributed by atoms with Crippen molar-refractivity contribution in [1.29, 1.82) is 0 Å². The van der Waals surface area contributed by atoms with Gasteiger partial charge in [0, 0.05) is 12.0 Å². The number of carbonyl (C=O) groups excluding carboxylic acids is 1. The monoisotopic (exact) mass is 199 g/mol. The number of rotatable bonds is 2. The maximum Gasteiger partial charge on any atom is 0.309 e. The number of esters is 1. The van der Waals surface area contributed by atoms with Crippen molar-refractivity contribution in [2.45, 2.75) is 19.4 Å². The van der Waals surface area contributed by atoms with E-state index in [0.717, 1.165) is 19.6 Å². The first-order valence-corrected chi connectivity index (χ1v) is 5.30. The van der Waals surface area contributed by atoms with E-state index in [1.807, 2.05) is 6.92 Å². The van der Waals surface area contributed by atoms with Gasteiger partial charge in [-0.3, -0.25) is 4.79 Å². The van der Waals surface area contributed by atoms with Gasteiger partial charge < -0.3 is 14.8 Å². The molecule has 2 fully saturated rings. The van der Waals surface area contributed by atoms with Crippen LogP contribution in [0.1, 0.15) is 13.3 Å². The maximum absolute atomic E-state index is 11.6. The van der Waals surface area contributed by atoms with Crippen molar-refractivity contribution in [1.82, 2.24) is 5.32 Å². The zero-order valence-corrected chi connectivity index (χ0v) is 8.49. The van der Waals surface area contributed by atoms with Crippen LogP contribution in [0.2, 0.25) is 0 Å². The Kier molecular flexibility index (Phi) is 3.03. The summed E-state index contributed by atoms with van der Waals surface area (Å²) in [4.78, 5) is 11.6. The minimum atomic E-state index is -0.0468. The van der Waals surface area contributed by atoms with E-state index in [9.17, 15) is 4.79 Å². The third kappa shape index (κ3) is 1.77. The van der Waals surface area contributed by atoms with Gasteiger partial charge in [-0.15, -0.1) is 0 Å². The molecule has 2 aliphatic heterocycles. The Balaban J connectivity index is 1.99. The van der Waals surface area contributed by atoms with Gasteiger partial charge in [-0.1, -0.05) is 0 Å². The molecule has 0 saturated carbocycles. The van der Waals surface area contributed by atoms with E-state index in [-0.39, 0.29) is 11.9 Å². The molecule has 1 N–H and O–H groups in total. The molecule has 0 aliphatic carbocycles. The Morgan fingerprint density at radius 1 is 1.57 bits per heavy atom. The largest absolute Gasteiger partial charge is 0.466 e. The standard InChI is InChI=1S/C10H17NO3/c1-2-14-10(12)7-3-4-11-9-6-13-5-8(7)9/h7-9,11H,2-6H2,1H3/t7-,8+,9-/m1/s1. The number of fused-ring (bicyclic) bond motifs is 1. The van der Waals surface area contributed by atoms with Crippen molar-refractivity contribution in [2.24, 2.45) is 11.8 Å². The van der Waals surface area contributed by atoms with Crippen LogP contribution in [0, 0.1) is 11.8 Å². The van der Waals surface area contributed by atoms with E-state index in [1.165, 1.54) is 0 Å². The molecular formula is C10H17NO3. The number of piperidine rings is 1. The van der Waals surface area contributed by atoms with Crippen molar-refractivity contribution in [2.75, 3.05) is 26.4 Å². The van der Waals surface area contributed by atoms with Crippen LogP contribution in [-0.2, 0) is 14.3 Å². The Labute approximate surface area is 84.0 Å². The average Bonchev–Trinajstić information content (AvgIpc) is 2.65. The summed E-state index contributed by atoms with van der Waals surface area (Å²) in [5.74, 6) is 0.320. The zero-order chi connectivity index (χ0) is 9.97. The highest BCUT2D eigenvalue weighted by molar-refractivity contribution is 5.73. The Morgan fingerprint density at radius 2 is 2.43 bits per heavy atom. The lowest BCUT2D eigenvalue weighted by Crippen LogP contribution is -2.48. The molecule has 0 unspecified atom stereocenters. The molecule has 2 aliphatic rings. The van der Waals surface area contributed by atoms with Gasteiger partial charge >= 0.3 is 5.97 Å². The van der Waals surface area contributed by atoms with Gasteiger partial charge in [-0.25, -0.2) is 0 Å². The van der Waals surface area contributed by atoms with Gasteiger partial charge in [0.05, 0.1) is 25.7 Å². The van der Waals surface area contributed by atoms with Gasteiger partial charge in [-0.05, 0) is 19.9 Å². The number of nitrogens with one attached hydrogen (secondary N) is 1. The van der Waals surface area contributed by atoms with E-state index in [0.29, 0.717) is 25.2 Å². The Bertz CT molecular complexity index is 219. The third-order valence-electron chi connectivity index (χ3n) is 3.09. The first kappa shape index (κ1) is 9.93. The molecule has 0 amide bonds. The van der Waals surface area contributed by atoms with Gasteiger partial charge in [-0.2, -0.15) is 0 Å². The highest BCUT2D eigenvalue weighted by atomic mass is 16.5. The number of hydrogen-bond donors (Lipinski definition) is 1. The molecule has 0 aromatic carbocycles. The molecule has 0 radical (unpaired) electrons. The molecular weight excluding hydrogens is 182 g/mol. The summed E-state index contributed by atoms with van der Waals surface area (Å²) in [5, 5.41) is 3.38. The fourth-order valence-electron chi connectivity index (χ4n) is 2.36. The summed E-state index contributed by atoms with van der Waals surface area (Å²) in [6.07, 6.45) is 0.878. The molecule has 4 heteroatoms. The second kappa shape index (κ2) is 4.28. The minimum Gasteiger partial charge on any atom is -0.466 e. The molecule has 2 rings (SSSR count). The SMILES string of the molecule is CCOC(=O)[C@@H]1CCN[C@@H]2COC[C@H]21. The zero-order valence-electron chi connectivity index (χ0n) is 8.49. The number of carbonyl (C=O) groups is 1. The van der Waals surface area contributed by atoms with E-state index in [2.05, 4.69) is 5.32 Å². The Morgan fingerprint density at radius 3 is 3.21 bits per heavy atom. The van der Waals surface area contributed by atoms with E-state index in [4.69, 9.17) is 9.47 Å². The van der Waals surface area contributed by atoms with Crippen molar-refractivity contribution < 1.29 is 14.3 Å². The summed E-state index contributed by atoms with van der Waals surface area (Å²) < 4.78 is 10.4. The smallest absolute Gasteiger partial charge is 0.309 e. The van der Waals surface area contributed by atoms with Crippen LogP contribution in [0.3, 0.4) is 0 Å². The van der Waals surface area contributed by atoms with Crippen molar-refractivity contribution in [3.05, 3.63) is 0 Å². The molecule has 0 aromatic heterocycles. The lowest BCUT2D eigenvalue weighted by molar-refractivity contribution is -0.151. The molecule has 3 atom stereocenters. The van der Waals surface area contributed by atoms with Gasteiger partial charge in [0.15, 0.2) is 0 Å². The molecule has 0 bridgehead atoms. The predicted octanol–water partition coefficient (Wildman–Crippen LogP) is 0.174. The fourth-order valence-corrected chi connectivity index (χ4v) is 2.36. The first-order chi connectivity index (χ1) is 6.83. The van der Waals surface area contributed by atoms with Crippen molar-refractivity contribution >= 4 is 5.97 Å². The highest BCUT2D eigenvalue weighted by Crippen LogP contribution is 2.29. The molecule has 4 nitrogen and oxygen atoms in total. The summed E-state index contributed by atoms with van der Waals surface area (Å²) in [5.41, 5.74) is 0. The van der Waals surface area contributed by atoms with Crippen LogP contribution in [0.4, 0.5) is 0 Å². The summed E-state index contributed by atoms with van der Waals surface area (Å²) in [6, 6.07) is 0.359. The summed E-state index contributed by atoms with van der Waals surface area (Å²) in [6.45, 7) is 4.65. The topological polar surface area (TPSA) is 47.6 Å². The second-order valence-electron chi connectivity index (χ2n) is 3.91. The molecule has 80 valence electrons. The van der Waals surface area contributed by atoms with E-state index >= 15 is 0 Å². The molecule has 14 heavy (non-hydrogen) atoms. The summed E-state index contributed by atoms with van der Waals surface area (Å²) in [7, 11) is 0. The van der Waals surface area contributed by atoms with Crippen molar-refractivity contribution in [3.8, 4) is 0 Å². The van der Waals surface area contributed by atoms with Crippen LogP contribution in [0.15, 0.2) is 0 Å². The lowest BCUT2D eigenvalue weighted by Gasteiger charge is -2.31. The van der Waals surface area contributed by atoms with Gasteiger partial charge in [0.2, 0.25) is 0 Å². The Hall–Kier alpha value is -0.610. The van der Waals surface area contributed by atoms with E-state index < -0.39 is 0 Å². The van der Waals surface area contributed by atoms with E-state index in [1.54, 1.807) is 0 Å². The minimum absolute atomic E-state index is 0.0451. The van der Waals surface area contributed by atoms with Gasteiger partial charge in [0.25, 0.3) is 0 Å². The number of hydrogen-bond acceptors (Lipinski definition) is 4. The average molecular weight is 199 g/mol. The molecule has 0 aromatic rings. The normalized spacial score (nSPS) is 36.5. The third-order valence-corrected chi connectivity index (χ3v) is 3.09. The van der Waals surface area contributed by atoms with Crippen LogP contribution >= 0.6 is 0 Å². The highest BCUT2D eigenvalue weighted by Gasteiger charge is 2.41. The lowest BCUT2D eigenvalue weighted by atomic mass is 9.83. The maximum atomic E-state index is 11.6. The van der Waals surface area contributed by atoms with Crippen LogP contribution in [0.25, 0.3) is 0 Å². The number of ether oxygens (including phenoxy) is 2. The molecule has 2 saturated heterocycles. The fraction of sp³-hybridized carbons (Fsp3) is 0.900. The van der Waals surface area contributed by atoms with Crippen LogP contribution < -0.4 is 5.32 Å². The first-order valence-electron chi connectivity index (χ1n) is 5.30. The summed E-state index contributed by atoms with van der Waals surface area (Å²) >= 11 is 0. The molecule has 2 heterocycles. The van der Waals surface area contributed by atoms with Crippen molar-refractivity contribution in [3.63, 3.8) is 0 Å². The van der Waals surface area contributed by atoms with Crippen LogP contribution in [0.5, 0.6) is 0 Å². The van der Waals surface area contributed by atoms with Gasteiger partial charge in [0.1, 0.15) is 0 Å². The quantitative estimate of drug-likeness (QED) is 0.644.